The Kier molecular flexibility index (Phi) is 5.45. The number of aryl methyl sites for hydroxylation is 1. The Morgan fingerprint density at radius 2 is 2.14 bits per heavy atom. The number of carbonyl (C=O) groups is 1. The molecule has 0 radical (unpaired) electrons. The van der Waals surface area contributed by atoms with Gasteiger partial charge in [0.05, 0.1) is 11.1 Å². The molecule has 0 unspecified atom stereocenters. The van der Waals surface area contributed by atoms with E-state index in [0.717, 1.165) is 24.1 Å². The molecule has 1 amide bonds. The number of ether oxygens (including phenoxy) is 1. The third-order valence-corrected chi connectivity index (χ3v) is 4.26. The van der Waals surface area contributed by atoms with Crippen molar-refractivity contribution in [3.8, 4) is 0 Å². The number of nitrogens with zero attached hydrogens (tertiary/aromatic N) is 1. The Labute approximate surface area is 132 Å². The molecular formula is C15H20BrFN2O2. The second-order valence-electron chi connectivity index (χ2n) is 5.19. The highest BCUT2D eigenvalue weighted by Crippen LogP contribution is 2.26. The monoisotopic (exact) mass is 358 g/mol. The molecule has 1 N–H and O–H groups in total. The van der Waals surface area contributed by atoms with Gasteiger partial charge in [-0.05, 0) is 60.3 Å². The normalized spacial score (nSPS) is 15.9. The van der Waals surface area contributed by atoms with E-state index in [4.69, 9.17) is 4.74 Å². The highest BCUT2D eigenvalue weighted by atomic mass is 79.9. The Morgan fingerprint density at radius 3 is 2.76 bits per heavy atom. The third-order valence-electron chi connectivity index (χ3n) is 3.65. The van der Waals surface area contributed by atoms with Crippen LogP contribution in [-0.4, -0.2) is 36.7 Å². The topological polar surface area (TPSA) is 41.6 Å². The Balaban J connectivity index is 1.92. The van der Waals surface area contributed by atoms with Gasteiger partial charge in [0.25, 0.3) is 0 Å². The second kappa shape index (κ2) is 7.11. The molecule has 1 aromatic carbocycles. The van der Waals surface area contributed by atoms with Crippen LogP contribution in [0.15, 0.2) is 16.6 Å². The summed E-state index contributed by atoms with van der Waals surface area (Å²) in [5.74, 6) is -0.254. The van der Waals surface area contributed by atoms with E-state index in [1.807, 2.05) is 6.92 Å². The average Bonchev–Trinajstić information content (AvgIpc) is 2.46. The number of carbonyl (C=O) groups excluding carboxylic acids is 1. The molecule has 0 saturated carbocycles. The molecule has 1 aliphatic heterocycles. The predicted molar refractivity (Wildman–Crippen MR) is 84.1 cm³/mol. The summed E-state index contributed by atoms with van der Waals surface area (Å²) in [7, 11) is 0. The molecule has 21 heavy (non-hydrogen) atoms. The van der Waals surface area contributed by atoms with Crippen LogP contribution in [0.5, 0.6) is 0 Å². The smallest absolute Gasteiger partial charge is 0.409 e. The SMILES string of the molecule is CCOC(=O)N1CCC(Nc2cc(Br)c(F)cc2C)CC1. The molecule has 1 fully saturated rings. The summed E-state index contributed by atoms with van der Waals surface area (Å²) < 4.78 is 18.9. The number of likely N-dealkylation sites (tertiary alicyclic amines) is 1. The zero-order valence-corrected chi connectivity index (χ0v) is 13.9. The quantitative estimate of drug-likeness (QED) is 0.889. The van der Waals surface area contributed by atoms with Crippen molar-refractivity contribution in [2.75, 3.05) is 25.0 Å². The van der Waals surface area contributed by atoms with Crippen LogP contribution in [0.25, 0.3) is 0 Å². The van der Waals surface area contributed by atoms with E-state index in [0.29, 0.717) is 24.2 Å². The van der Waals surface area contributed by atoms with Gasteiger partial charge in [-0.15, -0.1) is 0 Å². The van der Waals surface area contributed by atoms with Crippen molar-refractivity contribution in [3.05, 3.63) is 28.0 Å². The molecule has 1 heterocycles. The molecule has 1 saturated heterocycles. The molecule has 2 rings (SSSR count). The number of benzene rings is 1. The van der Waals surface area contributed by atoms with Gasteiger partial charge in [0.2, 0.25) is 0 Å². The van der Waals surface area contributed by atoms with E-state index < -0.39 is 0 Å². The molecule has 1 aromatic rings. The summed E-state index contributed by atoms with van der Waals surface area (Å²) in [6.45, 7) is 5.45. The number of hydrogen-bond donors (Lipinski definition) is 1. The maximum Gasteiger partial charge on any atom is 0.409 e. The number of anilines is 1. The van der Waals surface area contributed by atoms with E-state index in [-0.39, 0.29) is 18.0 Å². The predicted octanol–water partition coefficient (Wildman–Crippen LogP) is 3.93. The van der Waals surface area contributed by atoms with Crippen molar-refractivity contribution < 1.29 is 13.9 Å². The van der Waals surface area contributed by atoms with Crippen LogP contribution in [0.2, 0.25) is 0 Å². The highest BCUT2D eigenvalue weighted by molar-refractivity contribution is 9.10. The summed E-state index contributed by atoms with van der Waals surface area (Å²) in [5, 5.41) is 3.43. The minimum absolute atomic E-state index is 0.239. The lowest BCUT2D eigenvalue weighted by atomic mass is 10.0. The van der Waals surface area contributed by atoms with Crippen LogP contribution in [0.3, 0.4) is 0 Å². The van der Waals surface area contributed by atoms with Crippen LogP contribution in [0.1, 0.15) is 25.3 Å². The zero-order chi connectivity index (χ0) is 15.4. The van der Waals surface area contributed by atoms with Gasteiger partial charge < -0.3 is 15.0 Å². The van der Waals surface area contributed by atoms with E-state index in [1.54, 1.807) is 17.9 Å². The first-order valence-corrected chi connectivity index (χ1v) is 7.94. The van der Waals surface area contributed by atoms with Gasteiger partial charge >= 0.3 is 6.09 Å². The Bertz CT molecular complexity index is 517. The molecule has 116 valence electrons. The summed E-state index contributed by atoms with van der Waals surface area (Å²) in [5.41, 5.74) is 1.81. The van der Waals surface area contributed by atoms with Crippen LogP contribution in [-0.2, 0) is 4.74 Å². The fourth-order valence-electron chi connectivity index (χ4n) is 2.44. The molecular weight excluding hydrogens is 339 g/mol. The Hall–Kier alpha value is -1.30. The first-order chi connectivity index (χ1) is 10.0. The van der Waals surface area contributed by atoms with Gasteiger partial charge in [-0.3, -0.25) is 0 Å². The number of halogens is 2. The van der Waals surface area contributed by atoms with Crippen molar-refractivity contribution >= 4 is 27.7 Å². The number of piperidine rings is 1. The van der Waals surface area contributed by atoms with E-state index in [9.17, 15) is 9.18 Å². The van der Waals surface area contributed by atoms with Crippen molar-refractivity contribution in [3.63, 3.8) is 0 Å². The minimum atomic E-state index is -0.254. The number of nitrogens with one attached hydrogen (secondary N) is 1. The molecule has 6 heteroatoms. The van der Waals surface area contributed by atoms with Crippen molar-refractivity contribution in [1.82, 2.24) is 4.90 Å². The fraction of sp³-hybridized carbons (Fsp3) is 0.533. The summed E-state index contributed by atoms with van der Waals surface area (Å²) in [6.07, 6.45) is 1.47. The molecule has 0 atom stereocenters. The largest absolute Gasteiger partial charge is 0.450 e. The third kappa shape index (κ3) is 4.09. The Morgan fingerprint density at radius 1 is 1.48 bits per heavy atom. The van der Waals surface area contributed by atoms with Crippen LogP contribution < -0.4 is 5.32 Å². The van der Waals surface area contributed by atoms with Gasteiger partial charge in [-0.2, -0.15) is 0 Å². The van der Waals surface area contributed by atoms with Crippen molar-refractivity contribution in [2.24, 2.45) is 0 Å². The van der Waals surface area contributed by atoms with Crippen molar-refractivity contribution in [1.29, 1.82) is 0 Å². The maximum atomic E-state index is 13.4. The summed E-state index contributed by atoms with van der Waals surface area (Å²) in [6, 6.07) is 3.56. The maximum absolute atomic E-state index is 13.4. The first kappa shape index (κ1) is 16.1. The number of amides is 1. The zero-order valence-electron chi connectivity index (χ0n) is 12.3. The standard InChI is InChI=1S/C15H20BrFN2O2/c1-3-21-15(20)19-6-4-11(5-7-19)18-14-9-12(16)13(17)8-10(14)2/h8-9,11,18H,3-7H2,1-2H3. The minimum Gasteiger partial charge on any atom is -0.450 e. The van der Waals surface area contributed by atoms with E-state index >= 15 is 0 Å². The molecule has 0 aromatic heterocycles. The van der Waals surface area contributed by atoms with E-state index in [2.05, 4.69) is 21.2 Å². The van der Waals surface area contributed by atoms with Gasteiger partial charge in [0.1, 0.15) is 5.82 Å². The van der Waals surface area contributed by atoms with Crippen molar-refractivity contribution in [2.45, 2.75) is 32.7 Å². The lowest BCUT2D eigenvalue weighted by Gasteiger charge is -2.32. The number of rotatable bonds is 3. The number of hydrogen-bond acceptors (Lipinski definition) is 3. The molecule has 1 aliphatic rings. The van der Waals surface area contributed by atoms with Gasteiger partial charge in [0.15, 0.2) is 0 Å². The second-order valence-corrected chi connectivity index (χ2v) is 6.04. The van der Waals surface area contributed by atoms with Crippen LogP contribution in [0, 0.1) is 12.7 Å². The van der Waals surface area contributed by atoms with E-state index in [1.165, 1.54) is 6.07 Å². The fourth-order valence-corrected chi connectivity index (χ4v) is 2.79. The summed E-state index contributed by atoms with van der Waals surface area (Å²) in [4.78, 5) is 13.4. The highest BCUT2D eigenvalue weighted by Gasteiger charge is 2.23. The van der Waals surface area contributed by atoms with Crippen LogP contribution >= 0.6 is 15.9 Å². The van der Waals surface area contributed by atoms with Gasteiger partial charge in [0, 0.05) is 24.8 Å². The summed E-state index contributed by atoms with van der Waals surface area (Å²) >= 11 is 3.21. The average molecular weight is 359 g/mol. The van der Waals surface area contributed by atoms with Gasteiger partial charge in [-0.25, -0.2) is 9.18 Å². The molecule has 4 nitrogen and oxygen atoms in total. The molecule has 0 bridgehead atoms. The van der Waals surface area contributed by atoms with Crippen LogP contribution in [0.4, 0.5) is 14.9 Å². The lowest BCUT2D eigenvalue weighted by molar-refractivity contribution is 0.0983. The molecule has 0 spiro atoms. The first-order valence-electron chi connectivity index (χ1n) is 7.15. The van der Waals surface area contributed by atoms with Gasteiger partial charge in [-0.1, -0.05) is 0 Å². The lowest BCUT2D eigenvalue weighted by Crippen LogP contribution is -2.42. The molecule has 0 aliphatic carbocycles.